The monoisotopic (exact) mass is 273 g/mol. The molecule has 0 bridgehead atoms. The molecule has 2 rings (SSSR count). The Morgan fingerprint density at radius 3 is 2.70 bits per heavy atom. The second-order valence-electron chi connectivity index (χ2n) is 4.28. The molecule has 0 unspecified atom stereocenters. The largest absolute Gasteiger partial charge is 0.497 e. The van der Waals surface area contributed by atoms with E-state index in [9.17, 15) is 0 Å². The zero-order chi connectivity index (χ0) is 14.4. The molecule has 1 N–H and O–H groups in total. The third kappa shape index (κ3) is 3.17. The van der Waals surface area contributed by atoms with E-state index in [1.165, 1.54) is 0 Å². The molecule has 1 aromatic heterocycles. The van der Waals surface area contributed by atoms with Crippen molar-refractivity contribution in [2.75, 3.05) is 26.1 Å². The van der Waals surface area contributed by atoms with E-state index in [1.54, 1.807) is 26.6 Å². The van der Waals surface area contributed by atoms with Crippen molar-refractivity contribution in [3.05, 3.63) is 30.6 Å². The number of hydrogen-bond acceptors (Lipinski definition) is 5. The summed E-state index contributed by atoms with van der Waals surface area (Å²) in [7, 11) is 3.26. The number of hydrogen-bond donors (Lipinski definition) is 1. The van der Waals surface area contributed by atoms with Gasteiger partial charge in [-0.3, -0.25) is 4.98 Å². The summed E-state index contributed by atoms with van der Waals surface area (Å²) in [4.78, 5) is 8.77. The topological polar surface area (TPSA) is 56.3 Å². The van der Waals surface area contributed by atoms with Crippen LogP contribution in [0.15, 0.2) is 30.6 Å². The first-order chi connectivity index (χ1) is 9.78. The predicted octanol–water partition coefficient (Wildman–Crippen LogP) is 2.98. The Hall–Kier alpha value is -2.30. The maximum atomic E-state index is 5.40. The molecule has 1 aromatic carbocycles. The zero-order valence-corrected chi connectivity index (χ0v) is 12.0. The summed E-state index contributed by atoms with van der Waals surface area (Å²) in [6, 6.07) is 5.64. The van der Waals surface area contributed by atoms with Gasteiger partial charge in [0.2, 0.25) is 0 Å². The summed E-state index contributed by atoms with van der Waals surface area (Å²) in [5.74, 6) is 2.23. The van der Waals surface area contributed by atoms with Crippen molar-refractivity contribution in [2.45, 2.75) is 13.3 Å². The van der Waals surface area contributed by atoms with Crippen molar-refractivity contribution in [2.24, 2.45) is 0 Å². The number of aromatic nitrogens is 2. The molecule has 0 aliphatic rings. The van der Waals surface area contributed by atoms with Gasteiger partial charge in [0.15, 0.2) is 0 Å². The van der Waals surface area contributed by atoms with Crippen LogP contribution in [0.4, 0.5) is 5.82 Å². The highest BCUT2D eigenvalue weighted by Gasteiger charge is 2.09. The Morgan fingerprint density at radius 1 is 1.15 bits per heavy atom. The molecule has 0 radical (unpaired) electrons. The van der Waals surface area contributed by atoms with Gasteiger partial charge in [-0.25, -0.2) is 4.98 Å². The molecule has 2 aromatic rings. The average molecular weight is 273 g/mol. The molecule has 5 heteroatoms. The van der Waals surface area contributed by atoms with Crippen molar-refractivity contribution in [1.29, 1.82) is 0 Å². The number of methoxy groups -OCH3 is 2. The minimum Gasteiger partial charge on any atom is -0.497 e. The van der Waals surface area contributed by atoms with Crippen LogP contribution in [0.3, 0.4) is 0 Å². The van der Waals surface area contributed by atoms with Crippen molar-refractivity contribution < 1.29 is 9.47 Å². The molecule has 0 amide bonds. The van der Waals surface area contributed by atoms with Gasteiger partial charge in [-0.1, -0.05) is 6.92 Å². The maximum Gasteiger partial charge on any atom is 0.145 e. The van der Waals surface area contributed by atoms with E-state index in [1.807, 2.05) is 18.2 Å². The van der Waals surface area contributed by atoms with Crippen molar-refractivity contribution in [3.63, 3.8) is 0 Å². The molecule has 0 aliphatic carbocycles. The third-order valence-corrected chi connectivity index (χ3v) is 2.88. The molecule has 0 fully saturated rings. The third-order valence-electron chi connectivity index (χ3n) is 2.88. The van der Waals surface area contributed by atoms with Gasteiger partial charge in [0.1, 0.15) is 17.3 Å². The fraction of sp³-hybridized carbons (Fsp3) is 0.333. The molecule has 5 nitrogen and oxygen atoms in total. The molecule has 1 heterocycles. The standard InChI is InChI=1S/C15H19N3O2/c1-4-7-17-15-10-16-9-13(18-15)12-6-5-11(19-2)8-14(12)20-3/h5-6,8-10H,4,7H2,1-3H3,(H,17,18). The van der Waals surface area contributed by atoms with Crippen LogP contribution < -0.4 is 14.8 Å². The fourth-order valence-electron chi connectivity index (χ4n) is 1.84. The second kappa shape index (κ2) is 6.75. The van der Waals surface area contributed by atoms with Gasteiger partial charge in [-0.2, -0.15) is 0 Å². The lowest BCUT2D eigenvalue weighted by molar-refractivity contribution is 0.395. The van der Waals surface area contributed by atoms with Gasteiger partial charge >= 0.3 is 0 Å². The molecule has 0 aliphatic heterocycles. The number of nitrogens with zero attached hydrogens (tertiary/aromatic N) is 2. The molecule has 0 saturated carbocycles. The average Bonchev–Trinajstić information content (AvgIpc) is 2.52. The van der Waals surface area contributed by atoms with E-state index in [0.29, 0.717) is 5.75 Å². The summed E-state index contributed by atoms with van der Waals surface area (Å²) in [5, 5.41) is 3.23. The summed E-state index contributed by atoms with van der Waals surface area (Å²) in [6.45, 7) is 2.98. The summed E-state index contributed by atoms with van der Waals surface area (Å²) in [5.41, 5.74) is 1.66. The van der Waals surface area contributed by atoms with E-state index >= 15 is 0 Å². The molecule has 20 heavy (non-hydrogen) atoms. The second-order valence-corrected chi connectivity index (χ2v) is 4.28. The van der Waals surface area contributed by atoms with Crippen LogP contribution >= 0.6 is 0 Å². The lowest BCUT2D eigenvalue weighted by Crippen LogP contribution is -2.03. The first kappa shape index (κ1) is 14.1. The zero-order valence-electron chi connectivity index (χ0n) is 12.0. The molecule has 106 valence electrons. The molecule has 0 atom stereocenters. The minimum atomic E-state index is 0.714. The first-order valence-electron chi connectivity index (χ1n) is 6.56. The molecule has 0 saturated heterocycles. The lowest BCUT2D eigenvalue weighted by atomic mass is 10.1. The number of nitrogens with one attached hydrogen (secondary N) is 1. The van der Waals surface area contributed by atoms with Gasteiger partial charge in [0, 0.05) is 18.2 Å². The summed E-state index contributed by atoms with van der Waals surface area (Å²) < 4.78 is 10.6. The Kier molecular flexibility index (Phi) is 4.76. The molecule has 0 spiro atoms. The van der Waals surface area contributed by atoms with Gasteiger partial charge < -0.3 is 14.8 Å². The Morgan fingerprint density at radius 2 is 2.00 bits per heavy atom. The Labute approximate surface area is 119 Å². The Bertz CT molecular complexity index is 573. The van der Waals surface area contributed by atoms with Crippen LogP contribution in [-0.4, -0.2) is 30.7 Å². The quantitative estimate of drug-likeness (QED) is 0.876. The van der Waals surface area contributed by atoms with Crippen molar-refractivity contribution in [3.8, 4) is 22.8 Å². The van der Waals surface area contributed by atoms with E-state index in [2.05, 4.69) is 22.2 Å². The number of rotatable bonds is 6. The first-order valence-corrected chi connectivity index (χ1v) is 6.56. The SMILES string of the molecule is CCCNc1cncc(-c2ccc(OC)cc2OC)n1. The lowest BCUT2D eigenvalue weighted by Gasteiger charge is -2.11. The van der Waals surface area contributed by atoms with Crippen LogP contribution in [0.5, 0.6) is 11.5 Å². The Balaban J connectivity index is 2.35. The van der Waals surface area contributed by atoms with Crippen LogP contribution in [0, 0.1) is 0 Å². The van der Waals surface area contributed by atoms with Gasteiger partial charge in [0.25, 0.3) is 0 Å². The smallest absolute Gasteiger partial charge is 0.145 e. The van der Waals surface area contributed by atoms with Crippen LogP contribution in [0.25, 0.3) is 11.3 Å². The molecular formula is C15H19N3O2. The number of anilines is 1. The summed E-state index contributed by atoms with van der Waals surface area (Å²) in [6.07, 6.45) is 4.48. The minimum absolute atomic E-state index is 0.714. The normalized spacial score (nSPS) is 10.2. The molecular weight excluding hydrogens is 254 g/mol. The van der Waals surface area contributed by atoms with Crippen molar-refractivity contribution in [1.82, 2.24) is 9.97 Å². The van der Waals surface area contributed by atoms with E-state index in [4.69, 9.17) is 9.47 Å². The summed E-state index contributed by atoms with van der Waals surface area (Å²) >= 11 is 0. The van der Waals surface area contributed by atoms with Gasteiger partial charge in [-0.05, 0) is 18.6 Å². The highest BCUT2D eigenvalue weighted by Crippen LogP contribution is 2.32. The predicted molar refractivity (Wildman–Crippen MR) is 79.4 cm³/mol. The van der Waals surface area contributed by atoms with Crippen LogP contribution in [-0.2, 0) is 0 Å². The fourth-order valence-corrected chi connectivity index (χ4v) is 1.84. The van der Waals surface area contributed by atoms with Gasteiger partial charge in [0.05, 0.1) is 32.3 Å². The number of benzene rings is 1. The van der Waals surface area contributed by atoms with Crippen LogP contribution in [0.1, 0.15) is 13.3 Å². The van der Waals surface area contributed by atoms with E-state index < -0.39 is 0 Å². The van der Waals surface area contributed by atoms with Crippen molar-refractivity contribution >= 4 is 5.82 Å². The highest BCUT2D eigenvalue weighted by atomic mass is 16.5. The van der Waals surface area contributed by atoms with Gasteiger partial charge in [-0.15, -0.1) is 0 Å². The van der Waals surface area contributed by atoms with E-state index in [-0.39, 0.29) is 0 Å². The number of ether oxygens (including phenoxy) is 2. The maximum absolute atomic E-state index is 5.40. The van der Waals surface area contributed by atoms with Crippen LogP contribution in [0.2, 0.25) is 0 Å². The van der Waals surface area contributed by atoms with E-state index in [0.717, 1.165) is 35.8 Å². The highest BCUT2D eigenvalue weighted by molar-refractivity contribution is 5.68.